The van der Waals surface area contributed by atoms with Crippen molar-refractivity contribution >= 4 is 24.6 Å². The van der Waals surface area contributed by atoms with E-state index < -0.39 is 13.9 Å². The average Bonchev–Trinajstić information content (AvgIpc) is 3.05. The van der Waals surface area contributed by atoms with Crippen molar-refractivity contribution in [2.75, 3.05) is 31.9 Å². The van der Waals surface area contributed by atoms with Crippen LogP contribution in [0.15, 0.2) is 12.7 Å². The lowest BCUT2D eigenvalue weighted by Crippen LogP contribution is -2.26. The van der Waals surface area contributed by atoms with Gasteiger partial charge >= 0.3 is 7.60 Å². The fourth-order valence-corrected chi connectivity index (χ4v) is 4.76. The molecule has 10 nitrogen and oxygen atoms in total. The maximum atomic E-state index is 12.2. The van der Waals surface area contributed by atoms with Crippen molar-refractivity contribution in [1.82, 2.24) is 19.5 Å². The molecule has 0 aliphatic rings. The number of hydrogen-bond acceptors (Lipinski definition) is 8. The summed E-state index contributed by atoms with van der Waals surface area (Å²) in [6.45, 7) is 14.4. The molecule has 0 saturated heterocycles. The molecule has 2 aromatic heterocycles. The Morgan fingerprint density at radius 1 is 1.19 bits per heavy atom. The van der Waals surface area contributed by atoms with Crippen molar-refractivity contribution in [2.24, 2.45) is 10.8 Å². The molecule has 2 aromatic rings. The molecule has 0 aromatic carbocycles. The smallest absolute Gasteiger partial charge is 0.353 e. The molecule has 0 spiro atoms. The molecule has 2 unspecified atom stereocenters. The van der Waals surface area contributed by atoms with Gasteiger partial charge in [0, 0.05) is 6.61 Å². The Bertz CT molecular complexity index is 912. The summed E-state index contributed by atoms with van der Waals surface area (Å²) in [5.74, 6) is 0.303. The molecule has 182 valence electrons. The number of nitrogens with zero attached hydrogens (tertiary/aromatic N) is 4. The third-order valence-corrected chi connectivity index (χ3v) is 5.69. The van der Waals surface area contributed by atoms with E-state index in [1.165, 1.54) is 6.33 Å². The van der Waals surface area contributed by atoms with Gasteiger partial charge in [-0.1, -0.05) is 34.6 Å². The Labute approximate surface area is 190 Å². The summed E-state index contributed by atoms with van der Waals surface area (Å²) in [6.07, 6.45) is 3.79. The molecule has 0 aliphatic heterocycles. The van der Waals surface area contributed by atoms with Crippen LogP contribution in [-0.2, 0) is 25.1 Å². The summed E-state index contributed by atoms with van der Waals surface area (Å²) in [5, 5.41) is 0. The van der Waals surface area contributed by atoms with Crippen LogP contribution < -0.4 is 5.73 Å². The van der Waals surface area contributed by atoms with Gasteiger partial charge in [0.15, 0.2) is 11.5 Å². The molecule has 2 atom stereocenters. The maximum Gasteiger partial charge on any atom is 0.353 e. The fraction of sp³-hybridized carbons (Fsp3) is 0.762. The van der Waals surface area contributed by atoms with Crippen molar-refractivity contribution in [3.05, 3.63) is 12.7 Å². The van der Waals surface area contributed by atoms with Crippen molar-refractivity contribution < 1.29 is 23.5 Å². The Kier molecular flexibility index (Phi) is 9.19. The van der Waals surface area contributed by atoms with Crippen LogP contribution in [0.25, 0.3) is 11.2 Å². The van der Waals surface area contributed by atoms with Gasteiger partial charge in [-0.25, -0.2) is 15.0 Å². The first kappa shape index (κ1) is 26.7. The largest absolute Gasteiger partial charge is 0.382 e. The van der Waals surface area contributed by atoms with Gasteiger partial charge in [-0.2, -0.15) is 0 Å². The van der Waals surface area contributed by atoms with Crippen LogP contribution in [0.2, 0.25) is 0 Å². The number of rotatable bonds is 13. The first-order chi connectivity index (χ1) is 14.8. The molecule has 11 heteroatoms. The number of ether oxygens (including phenoxy) is 2. The lowest BCUT2D eigenvalue weighted by molar-refractivity contribution is 0.0326. The molecule has 32 heavy (non-hydrogen) atoms. The quantitative estimate of drug-likeness (QED) is 0.330. The Morgan fingerprint density at radius 3 is 2.59 bits per heavy atom. The number of hydrogen-bond donors (Lipinski definition) is 2. The predicted octanol–water partition coefficient (Wildman–Crippen LogP) is 3.84. The zero-order chi connectivity index (χ0) is 24.0. The van der Waals surface area contributed by atoms with E-state index in [2.05, 4.69) is 49.6 Å². The normalized spacial score (nSPS) is 15.7. The standard InChI is InChI=1S/C21H38N5O5P/c1-16(10-26-14-25-17-18(22)23-13-24-19(17)26)30-15-32(27,28)31-9-7-8-29-12-21(5,6)11-20(2,3)4/h13-14,16H,7-12,15H2,1-6H3,(H,27,28)(H2,22,23,24). The Hall–Kier alpha value is -1.58. The number of nitrogens with two attached hydrogens (primary N) is 1. The second-order valence-electron chi connectivity index (χ2n) is 10.2. The van der Waals surface area contributed by atoms with E-state index in [0.29, 0.717) is 43.2 Å². The second kappa shape index (κ2) is 11.0. The van der Waals surface area contributed by atoms with Gasteiger partial charge in [-0.15, -0.1) is 0 Å². The molecule has 0 aliphatic carbocycles. The van der Waals surface area contributed by atoms with Crippen LogP contribution in [-0.4, -0.2) is 56.7 Å². The minimum Gasteiger partial charge on any atom is -0.382 e. The van der Waals surface area contributed by atoms with Crippen molar-refractivity contribution in [3.63, 3.8) is 0 Å². The lowest BCUT2D eigenvalue weighted by Gasteiger charge is -2.32. The zero-order valence-electron chi connectivity index (χ0n) is 20.1. The molecule has 0 saturated carbocycles. The zero-order valence-corrected chi connectivity index (χ0v) is 21.0. The summed E-state index contributed by atoms with van der Waals surface area (Å²) >= 11 is 0. The highest BCUT2D eigenvalue weighted by Gasteiger charge is 2.26. The van der Waals surface area contributed by atoms with Gasteiger partial charge in [-0.05, 0) is 30.6 Å². The van der Waals surface area contributed by atoms with E-state index in [0.717, 1.165) is 6.42 Å². The number of nitrogen functional groups attached to an aromatic ring is 1. The predicted molar refractivity (Wildman–Crippen MR) is 124 cm³/mol. The first-order valence-corrected chi connectivity index (χ1v) is 12.6. The summed E-state index contributed by atoms with van der Waals surface area (Å²) in [5.41, 5.74) is 7.20. The van der Waals surface area contributed by atoms with Gasteiger partial charge in [0.25, 0.3) is 0 Å². The van der Waals surface area contributed by atoms with Gasteiger partial charge < -0.3 is 29.2 Å². The van der Waals surface area contributed by atoms with Crippen LogP contribution >= 0.6 is 7.60 Å². The summed E-state index contributed by atoms with van der Waals surface area (Å²) in [7, 11) is -3.85. The van der Waals surface area contributed by atoms with Gasteiger partial charge in [0.1, 0.15) is 18.2 Å². The first-order valence-electron chi connectivity index (χ1n) is 10.9. The van der Waals surface area contributed by atoms with Crippen LogP contribution in [0.4, 0.5) is 5.82 Å². The van der Waals surface area contributed by atoms with Crippen molar-refractivity contribution in [2.45, 2.75) is 67.0 Å². The second-order valence-corrected chi connectivity index (χ2v) is 12.0. The van der Waals surface area contributed by atoms with E-state index in [1.807, 2.05) is 0 Å². The molecule has 2 heterocycles. The lowest BCUT2D eigenvalue weighted by atomic mass is 9.77. The highest BCUT2D eigenvalue weighted by molar-refractivity contribution is 7.52. The summed E-state index contributed by atoms with van der Waals surface area (Å²) < 4.78 is 30.4. The molecule has 0 bridgehead atoms. The molecule has 0 fully saturated rings. The number of anilines is 1. The van der Waals surface area contributed by atoms with Crippen LogP contribution in [0.1, 0.15) is 54.4 Å². The monoisotopic (exact) mass is 471 g/mol. The third-order valence-electron chi connectivity index (χ3n) is 4.63. The molecule has 0 radical (unpaired) electrons. The molecule has 3 N–H and O–H groups in total. The van der Waals surface area contributed by atoms with Crippen molar-refractivity contribution in [3.8, 4) is 0 Å². The van der Waals surface area contributed by atoms with E-state index in [9.17, 15) is 9.46 Å². The third kappa shape index (κ3) is 9.11. The summed E-state index contributed by atoms with van der Waals surface area (Å²) in [6, 6.07) is 0. The van der Waals surface area contributed by atoms with Gasteiger partial charge in [0.05, 0.1) is 32.2 Å². The minimum absolute atomic E-state index is 0.0771. The Balaban J connectivity index is 1.66. The highest BCUT2D eigenvalue weighted by Crippen LogP contribution is 2.42. The van der Waals surface area contributed by atoms with Crippen LogP contribution in [0.5, 0.6) is 0 Å². The number of aromatic nitrogens is 4. The summed E-state index contributed by atoms with van der Waals surface area (Å²) in [4.78, 5) is 22.3. The van der Waals surface area contributed by atoms with Gasteiger partial charge in [0.2, 0.25) is 0 Å². The van der Waals surface area contributed by atoms with Crippen molar-refractivity contribution in [1.29, 1.82) is 0 Å². The average molecular weight is 472 g/mol. The molecule has 2 rings (SSSR count). The van der Waals surface area contributed by atoms with E-state index >= 15 is 0 Å². The highest BCUT2D eigenvalue weighted by atomic mass is 31.2. The fourth-order valence-electron chi connectivity index (χ4n) is 3.82. The SMILES string of the molecule is CC(Cn1cnc2c(N)ncnc21)OCP(=O)(O)OCCCOCC(C)(C)CC(C)(C)C. The van der Waals surface area contributed by atoms with Crippen LogP contribution in [0.3, 0.4) is 0 Å². The maximum absolute atomic E-state index is 12.2. The Morgan fingerprint density at radius 2 is 1.91 bits per heavy atom. The molecular formula is C21H38N5O5P. The minimum atomic E-state index is -3.85. The van der Waals surface area contributed by atoms with E-state index in [1.54, 1.807) is 17.8 Å². The van der Waals surface area contributed by atoms with Crippen LogP contribution in [0, 0.1) is 10.8 Å². The van der Waals surface area contributed by atoms with E-state index in [-0.39, 0.29) is 23.5 Å². The van der Waals surface area contributed by atoms with E-state index in [4.69, 9.17) is 19.7 Å². The molecular weight excluding hydrogens is 433 g/mol. The number of fused-ring (bicyclic) bond motifs is 1. The topological polar surface area (TPSA) is 135 Å². The number of imidazole rings is 1. The molecule has 0 amide bonds. The van der Waals surface area contributed by atoms with Gasteiger partial charge in [-0.3, -0.25) is 4.57 Å².